The van der Waals surface area contributed by atoms with Gasteiger partial charge in [-0.15, -0.1) is 0 Å². The van der Waals surface area contributed by atoms with Crippen LogP contribution in [0.25, 0.3) is 0 Å². The fourth-order valence-electron chi connectivity index (χ4n) is 2.93. The highest BCUT2D eigenvalue weighted by atomic mass is 32.2. The van der Waals surface area contributed by atoms with Gasteiger partial charge in [0.15, 0.2) is 0 Å². The van der Waals surface area contributed by atoms with Gasteiger partial charge in [-0.1, -0.05) is 30.3 Å². The Bertz CT molecular complexity index is 1220. The Kier molecular flexibility index (Phi) is 6.41. The highest BCUT2D eigenvalue weighted by molar-refractivity contribution is 7.92. The van der Waals surface area contributed by atoms with E-state index in [9.17, 15) is 18.0 Å². The van der Waals surface area contributed by atoms with Crippen LogP contribution < -0.4 is 9.62 Å². The van der Waals surface area contributed by atoms with Gasteiger partial charge >= 0.3 is 5.97 Å². The average Bonchev–Trinajstić information content (AvgIpc) is 2.80. The molecule has 0 spiro atoms. The van der Waals surface area contributed by atoms with Gasteiger partial charge in [-0.2, -0.15) is 0 Å². The summed E-state index contributed by atoms with van der Waals surface area (Å²) in [6.45, 7) is 1.80. The summed E-state index contributed by atoms with van der Waals surface area (Å²) < 4.78 is 31.6. The van der Waals surface area contributed by atoms with E-state index in [1.54, 1.807) is 55.5 Å². The van der Waals surface area contributed by atoms with Crippen LogP contribution in [0.2, 0.25) is 0 Å². The van der Waals surface area contributed by atoms with E-state index in [2.05, 4.69) is 5.32 Å². The Morgan fingerprint density at radius 3 is 2.29 bits per heavy atom. The lowest BCUT2D eigenvalue weighted by molar-refractivity contribution is 0.0600. The highest BCUT2D eigenvalue weighted by Crippen LogP contribution is 2.24. The number of hydrogen-bond donors (Lipinski definition) is 1. The number of sulfonamides is 1. The zero-order chi connectivity index (χ0) is 22.6. The van der Waals surface area contributed by atoms with Gasteiger partial charge in [0.05, 0.1) is 23.3 Å². The van der Waals surface area contributed by atoms with Crippen LogP contribution in [0.3, 0.4) is 0 Å². The van der Waals surface area contributed by atoms with Crippen LogP contribution in [0.15, 0.2) is 77.7 Å². The first kappa shape index (κ1) is 22.0. The number of esters is 1. The number of carbonyl (C=O) groups excluding carboxylic acids is 2. The molecule has 3 rings (SSSR count). The summed E-state index contributed by atoms with van der Waals surface area (Å²) in [5, 5.41) is 2.77. The number of amides is 1. The molecule has 0 fully saturated rings. The fraction of sp³-hybridized carbons (Fsp3) is 0.130. The molecular formula is C23H22N2O5S. The Hall–Kier alpha value is -3.65. The van der Waals surface area contributed by atoms with Crippen LogP contribution in [-0.4, -0.2) is 34.5 Å². The molecule has 7 nitrogen and oxygen atoms in total. The van der Waals surface area contributed by atoms with Crippen LogP contribution in [-0.2, 0) is 14.8 Å². The van der Waals surface area contributed by atoms with Crippen molar-refractivity contribution < 1.29 is 22.7 Å². The van der Waals surface area contributed by atoms with Crippen molar-refractivity contribution >= 4 is 33.3 Å². The van der Waals surface area contributed by atoms with E-state index in [0.29, 0.717) is 16.9 Å². The minimum absolute atomic E-state index is 0.155. The van der Waals surface area contributed by atoms with Crippen LogP contribution in [0.1, 0.15) is 26.3 Å². The van der Waals surface area contributed by atoms with Crippen molar-refractivity contribution in [3.63, 3.8) is 0 Å². The Morgan fingerprint density at radius 1 is 0.903 bits per heavy atom. The number of methoxy groups -OCH3 is 1. The van der Waals surface area contributed by atoms with E-state index in [1.165, 1.54) is 38.4 Å². The molecule has 0 bridgehead atoms. The number of aryl methyl sites for hydroxylation is 1. The topological polar surface area (TPSA) is 92.8 Å². The predicted octanol–water partition coefficient (Wildman–Crippen LogP) is 3.86. The highest BCUT2D eigenvalue weighted by Gasteiger charge is 2.22. The Morgan fingerprint density at radius 2 is 1.61 bits per heavy atom. The van der Waals surface area contributed by atoms with E-state index in [0.717, 1.165) is 9.87 Å². The lowest BCUT2D eigenvalue weighted by Crippen LogP contribution is -2.26. The molecule has 31 heavy (non-hydrogen) atoms. The summed E-state index contributed by atoms with van der Waals surface area (Å²) >= 11 is 0. The van der Waals surface area contributed by atoms with Crippen LogP contribution in [0, 0.1) is 6.92 Å². The first-order chi connectivity index (χ1) is 14.7. The summed E-state index contributed by atoms with van der Waals surface area (Å²) in [7, 11) is -1.05. The summed E-state index contributed by atoms with van der Waals surface area (Å²) in [6.07, 6.45) is 0. The fourth-order valence-corrected chi connectivity index (χ4v) is 4.14. The third-order valence-corrected chi connectivity index (χ3v) is 6.58. The second-order valence-electron chi connectivity index (χ2n) is 6.81. The summed E-state index contributed by atoms with van der Waals surface area (Å²) in [5.41, 5.74) is 2.15. The SMILES string of the molecule is COC(=O)c1ccc(C)c(NC(=O)c2cccc(N(C)S(=O)(=O)c3ccccc3)c2)c1. The molecule has 0 aliphatic carbocycles. The normalized spacial score (nSPS) is 10.9. The lowest BCUT2D eigenvalue weighted by atomic mass is 10.1. The number of benzene rings is 3. The van der Waals surface area contributed by atoms with Crippen LogP contribution >= 0.6 is 0 Å². The zero-order valence-electron chi connectivity index (χ0n) is 17.3. The number of carbonyl (C=O) groups is 2. The molecule has 0 radical (unpaired) electrons. The number of ether oxygens (including phenoxy) is 1. The van der Waals surface area contributed by atoms with Crippen molar-refractivity contribution in [1.82, 2.24) is 0 Å². The number of rotatable bonds is 6. The monoisotopic (exact) mass is 438 g/mol. The minimum atomic E-state index is -3.77. The Balaban J connectivity index is 1.87. The molecule has 0 saturated heterocycles. The van der Waals surface area contributed by atoms with E-state index >= 15 is 0 Å². The third-order valence-electron chi connectivity index (χ3n) is 4.78. The summed E-state index contributed by atoms with van der Waals surface area (Å²) in [4.78, 5) is 24.7. The lowest BCUT2D eigenvalue weighted by Gasteiger charge is -2.20. The van der Waals surface area contributed by atoms with E-state index in [-0.39, 0.29) is 10.5 Å². The molecule has 0 aromatic heterocycles. The molecule has 0 saturated carbocycles. The average molecular weight is 439 g/mol. The van der Waals surface area contributed by atoms with Gasteiger partial charge in [-0.05, 0) is 55.0 Å². The van der Waals surface area contributed by atoms with Gasteiger partial charge < -0.3 is 10.1 Å². The maximum absolute atomic E-state index is 12.9. The predicted molar refractivity (Wildman–Crippen MR) is 119 cm³/mol. The van der Waals surface area contributed by atoms with Crippen molar-refractivity contribution in [2.75, 3.05) is 23.8 Å². The molecule has 8 heteroatoms. The van der Waals surface area contributed by atoms with Crippen molar-refractivity contribution in [3.05, 3.63) is 89.5 Å². The minimum Gasteiger partial charge on any atom is -0.465 e. The molecule has 0 aliphatic rings. The molecule has 0 heterocycles. The molecule has 160 valence electrons. The standard InChI is InChI=1S/C23H22N2O5S/c1-16-12-13-18(23(27)30-3)15-21(16)24-22(26)17-8-7-9-19(14-17)25(2)31(28,29)20-10-5-4-6-11-20/h4-15H,1-3H3,(H,24,26). The zero-order valence-corrected chi connectivity index (χ0v) is 18.1. The van der Waals surface area contributed by atoms with Crippen molar-refractivity contribution in [2.24, 2.45) is 0 Å². The van der Waals surface area contributed by atoms with Gasteiger partial charge in [0.1, 0.15) is 0 Å². The molecule has 3 aromatic rings. The summed E-state index contributed by atoms with van der Waals surface area (Å²) in [6, 6.07) is 19.2. The van der Waals surface area contributed by atoms with E-state index in [1.807, 2.05) is 0 Å². The van der Waals surface area contributed by atoms with Crippen LogP contribution in [0.5, 0.6) is 0 Å². The van der Waals surface area contributed by atoms with Gasteiger partial charge in [-0.25, -0.2) is 13.2 Å². The van der Waals surface area contributed by atoms with Crippen molar-refractivity contribution in [3.8, 4) is 0 Å². The quantitative estimate of drug-likeness (QED) is 0.590. The second kappa shape index (κ2) is 9.01. The van der Waals surface area contributed by atoms with E-state index < -0.39 is 21.9 Å². The number of nitrogens with one attached hydrogen (secondary N) is 1. The van der Waals surface area contributed by atoms with Crippen molar-refractivity contribution in [2.45, 2.75) is 11.8 Å². The number of anilines is 2. The number of nitrogens with zero attached hydrogens (tertiary/aromatic N) is 1. The molecule has 0 unspecified atom stereocenters. The van der Waals surface area contributed by atoms with Crippen LogP contribution in [0.4, 0.5) is 11.4 Å². The van der Waals surface area contributed by atoms with Crippen molar-refractivity contribution in [1.29, 1.82) is 0 Å². The first-order valence-electron chi connectivity index (χ1n) is 9.38. The van der Waals surface area contributed by atoms with Gasteiger partial charge in [-0.3, -0.25) is 9.10 Å². The molecule has 0 atom stereocenters. The second-order valence-corrected chi connectivity index (χ2v) is 8.78. The maximum atomic E-state index is 12.9. The molecule has 1 N–H and O–H groups in total. The van der Waals surface area contributed by atoms with Gasteiger partial charge in [0.2, 0.25) is 0 Å². The molecular weight excluding hydrogens is 416 g/mol. The number of hydrogen-bond acceptors (Lipinski definition) is 5. The smallest absolute Gasteiger partial charge is 0.337 e. The van der Waals surface area contributed by atoms with Gasteiger partial charge in [0, 0.05) is 18.3 Å². The first-order valence-corrected chi connectivity index (χ1v) is 10.8. The Labute approximate surface area is 181 Å². The largest absolute Gasteiger partial charge is 0.465 e. The van der Waals surface area contributed by atoms with Gasteiger partial charge in [0.25, 0.3) is 15.9 Å². The molecule has 0 aliphatic heterocycles. The maximum Gasteiger partial charge on any atom is 0.337 e. The molecule has 1 amide bonds. The van der Waals surface area contributed by atoms with E-state index in [4.69, 9.17) is 4.74 Å². The third kappa shape index (κ3) is 4.75. The summed E-state index contributed by atoms with van der Waals surface area (Å²) in [5.74, 6) is -0.942. The molecule has 3 aromatic carbocycles.